The molecule has 0 bridgehead atoms. The molecule has 2 rings (SSSR count). The molecule has 1 atom stereocenters. The number of ether oxygens (including phenoxy) is 1. The molecule has 0 saturated carbocycles. The Balaban J connectivity index is 1.83. The number of piperidine rings is 1. The molecule has 3 nitrogen and oxygen atoms in total. The van der Waals surface area contributed by atoms with Gasteiger partial charge in [-0.2, -0.15) is 0 Å². The summed E-state index contributed by atoms with van der Waals surface area (Å²) in [6.07, 6.45) is 1.96. The SMILES string of the molecule is O=C(OCc1cccc(Cl)c1)[C@H]1CCCNC1. The maximum Gasteiger partial charge on any atom is 0.310 e. The van der Waals surface area contributed by atoms with Crippen LogP contribution in [0.25, 0.3) is 0 Å². The van der Waals surface area contributed by atoms with E-state index in [4.69, 9.17) is 16.3 Å². The Hall–Kier alpha value is -1.06. The molecule has 1 heterocycles. The highest BCUT2D eigenvalue weighted by atomic mass is 35.5. The second-order valence-corrected chi connectivity index (χ2v) is 4.72. The number of carbonyl (C=O) groups is 1. The van der Waals surface area contributed by atoms with E-state index in [0.717, 1.165) is 31.5 Å². The van der Waals surface area contributed by atoms with Gasteiger partial charge in [0, 0.05) is 11.6 Å². The van der Waals surface area contributed by atoms with Crippen molar-refractivity contribution in [2.24, 2.45) is 5.92 Å². The lowest BCUT2D eigenvalue weighted by Crippen LogP contribution is -2.35. The average Bonchev–Trinajstić information content (AvgIpc) is 2.37. The highest BCUT2D eigenvalue weighted by Crippen LogP contribution is 2.15. The Morgan fingerprint density at radius 3 is 3.12 bits per heavy atom. The van der Waals surface area contributed by atoms with Crippen LogP contribution in [0.1, 0.15) is 18.4 Å². The molecule has 0 amide bonds. The molecule has 4 heteroatoms. The van der Waals surface area contributed by atoms with Crippen molar-refractivity contribution >= 4 is 17.6 Å². The van der Waals surface area contributed by atoms with Crippen molar-refractivity contribution in [1.82, 2.24) is 5.32 Å². The maximum absolute atomic E-state index is 11.8. The molecule has 1 aliphatic heterocycles. The molecule has 17 heavy (non-hydrogen) atoms. The lowest BCUT2D eigenvalue weighted by Gasteiger charge is -2.21. The van der Waals surface area contributed by atoms with Crippen molar-refractivity contribution in [2.45, 2.75) is 19.4 Å². The van der Waals surface area contributed by atoms with Crippen molar-refractivity contribution in [2.75, 3.05) is 13.1 Å². The van der Waals surface area contributed by atoms with Gasteiger partial charge in [0.05, 0.1) is 5.92 Å². The highest BCUT2D eigenvalue weighted by molar-refractivity contribution is 6.30. The Bertz CT molecular complexity index is 389. The fraction of sp³-hybridized carbons (Fsp3) is 0.462. The molecular formula is C13H16ClNO2. The largest absolute Gasteiger partial charge is 0.461 e. The smallest absolute Gasteiger partial charge is 0.310 e. The maximum atomic E-state index is 11.8. The molecule has 1 aromatic rings. The Morgan fingerprint density at radius 1 is 1.53 bits per heavy atom. The summed E-state index contributed by atoms with van der Waals surface area (Å²) < 4.78 is 5.28. The van der Waals surface area contributed by atoms with E-state index in [2.05, 4.69) is 5.32 Å². The lowest BCUT2D eigenvalue weighted by molar-refractivity contribution is -0.150. The topological polar surface area (TPSA) is 38.3 Å². The number of esters is 1. The van der Waals surface area contributed by atoms with Crippen molar-refractivity contribution in [3.63, 3.8) is 0 Å². The quantitative estimate of drug-likeness (QED) is 0.841. The van der Waals surface area contributed by atoms with Crippen molar-refractivity contribution < 1.29 is 9.53 Å². The summed E-state index contributed by atoms with van der Waals surface area (Å²) in [4.78, 5) is 11.8. The summed E-state index contributed by atoms with van der Waals surface area (Å²) >= 11 is 5.86. The van der Waals surface area contributed by atoms with Gasteiger partial charge in [-0.25, -0.2) is 0 Å². The summed E-state index contributed by atoms with van der Waals surface area (Å²) in [7, 11) is 0. The van der Waals surface area contributed by atoms with Crippen LogP contribution < -0.4 is 5.32 Å². The van der Waals surface area contributed by atoms with Gasteiger partial charge in [0.25, 0.3) is 0 Å². The van der Waals surface area contributed by atoms with Gasteiger partial charge >= 0.3 is 5.97 Å². The van der Waals surface area contributed by atoms with Crippen LogP contribution in [0.15, 0.2) is 24.3 Å². The molecule has 0 unspecified atom stereocenters. The number of carbonyl (C=O) groups excluding carboxylic acids is 1. The van der Waals surface area contributed by atoms with Crippen LogP contribution >= 0.6 is 11.6 Å². The van der Waals surface area contributed by atoms with Gasteiger partial charge in [-0.3, -0.25) is 4.79 Å². The Labute approximate surface area is 106 Å². The van der Waals surface area contributed by atoms with Crippen molar-refractivity contribution in [1.29, 1.82) is 0 Å². The monoisotopic (exact) mass is 253 g/mol. The van der Waals surface area contributed by atoms with Crippen LogP contribution in [0.5, 0.6) is 0 Å². The van der Waals surface area contributed by atoms with Crippen LogP contribution in [0.2, 0.25) is 5.02 Å². The zero-order valence-corrected chi connectivity index (χ0v) is 10.4. The van der Waals surface area contributed by atoms with Gasteiger partial charge in [-0.1, -0.05) is 23.7 Å². The van der Waals surface area contributed by atoms with Crippen LogP contribution in [0, 0.1) is 5.92 Å². The third-order valence-corrected chi connectivity index (χ3v) is 3.14. The predicted molar refractivity (Wildman–Crippen MR) is 66.8 cm³/mol. The first-order valence-corrected chi connectivity index (χ1v) is 6.25. The van der Waals surface area contributed by atoms with E-state index >= 15 is 0 Å². The molecule has 1 fully saturated rings. The molecular weight excluding hydrogens is 238 g/mol. The van der Waals surface area contributed by atoms with Gasteiger partial charge < -0.3 is 10.1 Å². The minimum atomic E-state index is -0.114. The number of benzene rings is 1. The lowest BCUT2D eigenvalue weighted by atomic mass is 10.0. The highest BCUT2D eigenvalue weighted by Gasteiger charge is 2.22. The fourth-order valence-corrected chi connectivity index (χ4v) is 2.16. The average molecular weight is 254 g/mol. The van der Waals surface area contributed by atoms with E-state index in [-0.39, 0.29) is 11.9 Å². The first kappa shape index (κ1) is 12.4. The molecule has 92 valence electrons. The predicted octanol–water partition coefficient (Wildman–Crippen LogP) is 2.38. The molecule has 0 aliphatic carbocycles. The molecule has 1 aliphatic rings. The summed E-state index contributed by atoms with van der Waals surface area (Å²) in [6, 6.07) is 7.37. The van der Waals surface area contributed by atoms with Crippen molar-refractivity contribution in [3.8, 4) is 0 Å². The van der Waals surface area contributed by atoms with Crippen LogP contribution in [0.4, 0.5) is 0 Å². The van der Waals surface area contributed by atoms with E-state index in [1.807, 2.05) is 18.2 Å². The van der Waals surface area contributed by atoms with Crippen molar-refractivity contribution in [3.05, 3.63) is 34.9 Å². The minimum Gasteiger partial charge on any atom is -0.461 e. The van der Waals surface area contributed by atoms with Crippen LogP contribution in [-0.2, 0) is 16.1 Å². The number of rotatable bonds is 3. The standard InChI is InChI=1S/C13H16ClNO2/c14-12-5-1-3-10(7-12)9-17-13(16)11-4-2-6-15-8-11/h1,3,5,7,11,15H,2,4,6,8-9H2/t11-/m0/s1. The summed E-state index contributed by atoms with van der Waals surface area (Å²) in [5.74, 6) is -0.111. The first-order valence-electron chi connectivity index (χ1n) is 5.87. The van der Waals surface area contributed by atoms with E-state index < -0.39 is 0 Å². The first-order chi connectivity index (χ1) is 8.25. The van der Waals surface area contributed by atoms with Crippen LogP contribution in [-0.4, -0.2) is 19.1 Å². The molecule has 1 N–H and O–H groups in total. The zero-order chi connectivity index (χ0) is 12.1. The van der Waals surface area contributed by atoms with E-state index in [1.165, 1.54) is 0 Å². The fourth-order valence-electron chi connectivity index (χ4n) is 1.95. The minimum absolute atomic E-state index is 0.00272. The van der Waals surface area contributed by atoms with Gasteiger partial charge in [0.1, 0.15) is 6.61 Å². The Kier molecular flexibility index (Phi) is 4.40. The zero-order valence-electron chi connectivity index (χ0n) is 9.62. The second kappa shape index (κ2) is 6.03. The molecule has 0 aromatic heterocycles. The number of hydrogen-bond acceptors (Lipinski definition) is 3. The number of halogens is 1. The third-order valence-electron chi connectivity index (χ3n) is 2.90. The summed E-state index contributed by atoms with van der Waals surface area (Å²) in [6.45, 7) is 2.03. The normalized spacial score (nSPS) is 19.9. The van der Waals surface area contributed by atoms with Gasteiger partial charge in [-0.15, -0.1) is 0 Å². The van der Waals surface area contributed by atoms with E-state index in [0.29, 0.717) is 11.6 Å². The van der Waals surface area contributed by atoms with E-state index in [9.17, 15) is 4.79 Å². The number of nitrogens with one attached hydrogen (secondary N) is 1. The van der Waals surface area contributed by atoms with Crippen LogP contribution in [0.3, 0.4) is 0 Å². The van der Waals surface area contributed by atoms with Gasteiger partial charge in [0.2, 0.25) is 0 Å². The molecule has 1 aromatic carbocycles. The summed E-state index contributed by atoms with van der Waals surface area (Å²) in [5, 5.41) is 3.87. The third kappa shape index (κ3) is 3.72. The Morgan fingerprint density at radius 2 is 2.41 bits per heavy atom. The second-order valence-electron chi connectivity index (χ2n) is 4.28. The van der Waals surface area contributed by atoms with E-state index in [1.54, 1.807) is 6.07 Å². The molecule has 0 spiro atoms. The molecule has 0 radical (unpaired) electrons. The number of hydrogen-bond donors (Lipinski definition) is 1. The van der Waals surface area contributed by atoms with Gasteiger partial charge in [-0.05, 0) is 37.1 Å². The summed E-state index contributed by atoms with van der Waals surface area (Å²) in [5.41, 5.74) is 0.926. The molecule has 1 saturated heterocycles. The van der Waals surface area contributed by atoms with Gasteiger partial charge in [0.15, 0.2) is 0 Å².